The molecule has 9 aromatic rings. The molecule has 0 spiro atoms. The zero-order valence-electron chi connectivity index (χ0n) is 26.5. The average Bonchev–Trinajstić information content (AvgIpc) is 3.56. The van der Waals surface area contributed by atoms with Gasteiger partial charge in [0.1, 0.15) is 17.0 Å². The Hall–Kier alpha value is -6.39. The van der Waals surface area contributed by atoms with Crippen molar-refractivity contribution in [1.82, 2.24) is 15.0 Å². The summed E-state index contributed by atoms with van der Waals surface area (Å²) in [4.78, 5) is 15.4. The fraction of sp³-hybridized carbons (Fsp3) is 0.0444. The van der Waals surface area contributed by atoms with Crippen LogP contribution in [0.3, 0.4) is 0 Å². The van der Waals surface area contributed by atoms with Crippen molar-refractivity contribution in [3.05, 3.63) is 162 Å². The van der Waals surface area contributed by atoms with Crippen molar-refractivity contribution in [1.29, 1.82) is 0 Å². The molecule has 1 aliphatic rings. The van der Waals surface area contributed by atoms with Crippen molar-refractivity contribution in [2.75, 3.05) is 0 Å². The quantitative estimate of drug-likeness (QED) is 0.195. The van der Waals surface area contributed by atoms with E-state index in [0.717, 1.165) is 72.6 Å². The minimum Gasteiger partial charge on any atom is -0.456 e. The van der Waals surface area contributed by atoms with Crippen LogP contribution < -0.4 is 10.4 Å². The standard InChI is InChI=1S/C45H29N3O/c1-3-10-31-24-34(21-17-28(31)8-1)43-46-44(35-22-18-29-9-2-4-11-32(29)25-35)48-45(47-43)36-23-19-30-16-20-33(26-37(30)27-36)38-13-7-15-41-42(38)39-12-5-6-14-40(39)49-41/h1-21,23-27,35H,22H2. The van der Waals surface area contributed by atoms with Crippen LogP contribution in [-0.2, 0) is 0 Å². The van der Waals surface area contributed by atoms with Crippen molar-refractivity contribution in [3.8, 4) is 33.9 Å². The second kappa shape index (κ2) is 11.1. The Morgan fingerprint density at radius 2 is 1.12 bits per heavy atom. The van der Waals surface area contributed by atoms with Crippen LogP contribution in [0.4, 0.5) is 0 Å². The monoisotopic (exact) mass is 627 g/mol. The van der Waals surface area contributed by atoms with Gasteiger partial charge in [-0.15, -0.1) is 0 Å². The number of hydrogen-bond donors (Lipinski definition) is 0. The fourth-order valence-corrected chi connectivity index (χ4v) is 7.28. The topological polar surface area (TPSA) is 51.8 Å². The maximum atomic E-state index is 6.20. The first-order valence-electron chi connectivity index (χ1n) is 16.7. The highest BCUT2D eigenvalue weighted by Gasteiger charge is 2.19. The highest BCUT2D eigenvalue weighted by Crippen LogP contribution is 2.38. The van der Waals surface area contributed by atoms with Crippen LogP contribution in [0, 0.1) is 0 Å². The van der Waals surface area contributed by atoms with Gasteiger partial charge >= 0.3 is 0 Å². The lowest BCUT2D eigenvalue weighted by molar-refractivity contribution is 0.669. The molecule has 2 heterocycles. The molecule has 0 saturated carbocycles. The van der Waals surface area contributed by atoms with Gasteiger partial charge in [-0.1, -0.05) is 127 Å². The SMILES string of the molecule is C1=c2ccccc2=CC(c2nc(-c3ccc4ccccc4c3)nc(-c3ccc4ccc(-c5cccc6oc7ccccc7c56)cc4c3)n2)C1. The summed E-state index contributed by atoms with van der Waals surface area (Å²) in [6, 6.07) is 51.1. The average molecular weight is 628 g/mol. The van der Waals surface area contributed by atoms with Crippen LogP contribution >= 0.6 is 0 Å². The maximum absolute atomic E-state index is 6.20. The minimum atomic E-state index is 0.0492. The highest BCUT2D eigenvalue weighted by molar-refractivity contribution is 6.12. The van der Waals surface area contributed by atoms with E-state index in [2.05, 4.69) is 140 Å². The molecule has 2 aromatic heterocycles. The zero-order chi connectivity index (χ0) is 32.3. The molecule has 0 radical (unpaired) electrons. The van der Waals surface area contributed by atoms with Crippen LogP contribution in [0.5, 0.6) is 0 Å². The summed E-state index contributed by atoms with van der Waals surface area (Å²) in [5.74, 6) is 2.19. The van der Waals surface area contributed by atoms with Crippen molar-refractivity contribution in [2.45, 2.75) is 12.3 Å². The molecule has 1 unspecified atom stereocenters. The number of furan rings is 1. The van der Waals surface area contributed by atoms with Crippen molar-refractivity contribution in [2.24, 2.45) is 0 Å². The van der Waals surface area contributed by atoms with Crippen molar-refractivity contribution >= 4 is 55.6 Å². The van der Waals surface area contributed by atoms with E-state index in [-0.39, 0.29) is 5.92 Å². The Labute approximate surface area is 282 Å². The molecule has 7 aromatic carbocycles. The molecule has 4 heteroatoms. The maximum Gasteiger partial charge on any atom is 0.163 e. The summed E-state index contributed by atoms with van der Waals surface area (Å²) in [5.41, 5.74) is 6.03. The number of fused-ring (bicyclic) bond motifs is 6. The molecule has 0 aliphatic heterocycles. The van der Waals surface area contributed by atoms with Gasteiger partial charge < -0.3 is 4.42 Å². The molecule has 1 atom stereocenters. The predicted molar refractivity (Wildman–Crippen MR) is 200 cm³/mol. The summed E-state index contributed by atoms with van der Waals surface area (Å²) >= 11 is 0. The summed E-state index contributed by atoms with van der Waals surface area (Å²) in [6.45, 7) is 0. The molecular formula is C45H29N3O. The molecule has 0 fully saturated rings. The van der Waals surface area contributed by atoms with E-state index < -0.39 is 0 Å². The lowest BCUT2D eigenvalue weighted by Gasteiger charge is -2.15. The van der Waals surface area contributed by atoms with E-state index >= 15 is 0 Å². The third kappa shape index (κ3) is 4.80. The lowest BCUT2D eigenvalue weighted by atomic mass is 9.96. The lowest BCUT2D eigenvalue weighted by Crippen LogP contribution is -2.28. The predicted octanol–water partition coefficient (Wildman–Crippen LogP) is 9.83. The smallest absolute Gasteiger partial charge is 0.163 e. The third-order valence-electron chi connectivity index (χ3n) is 9.77. The summed E-state index contributed by atoms with van der Waals surface area (Å²) in [6.07, 6.45) is 5.43. The molecule has 0 amide bonds. The summed E-state index contributed by atoms with van der Waals surface area (Å²) in [5, 5.41) is 9.37. The van der Waals surface area contributed by atoms with E-state index in [1.807, 2.05) is 18.2 Å². The molecule has 1 aliphatic carbocycles. The van der Waals surface area contributed by atoms with Crippen molar-refractivity contribution in [3.63, 3.8) is 0 Å². The third-order valence-corrected chi connectivity index (χ3v) is 9.77. The number of benzene rings is 7. The van der Waals surface area contributed by atoms with E-state index in [1.165, 1.54) is 15.8 Å². The second-order valence-corrected chi connectivity index (χ2v) is 12.8. The highest BCUT2D eigenvalue weighted by atomic mass is 16.3. The Balaban J connectivity index is 1.13. The number of rotatable bonds is 4. The Kier molecular flexibility index (Phi) is 6.28. The van der Waals surface area contributed by atoms with E-state index in [1.54, 1.807) is 0 Å². The zero-order valence-corrected chi connectivity index (χ0v) is 26.5. The summed E-state index contributed by atoms with van der Waals surface area (Å²) in [7, 11) is 0. The number of para-hydroxylation sites is 1. The Morgan fingerprint density at radius 1 is 0.490 bits per heavy atom. The number of nitrogens with zero attached hydrogens (tertiary/aromatic N) is 3. The van der Waals surface area contributed by atoms with E-state index in [0.29, 0.717) is 11.6 Å². The molecular weight excluding hydrogens is 599 g/mol. The molecule has 0 bridgehead atoms. The van der Waals surface area contributed by atoms with Crippen LogP contribution in [-0.4, -0.2) is 15.0 Å². The first kappa shape index (κ1) is 27.7. The van der Waals surface area contributed by atoms with E-state index in [9.17, 15) is 0 Å². The Morgan fingerprint density at radius 3 is 1.96 bits per heavy atom. The van der Waals surface area contributed by atoms with Gasteiger partial charge in [-0.05, 0) is 79.9 Å². The van der Waals surface area contributed by atoms with Crippen molar-refractivity contribution < 1.29 is 4.42 Å². The molecule has 230 valence electrons. The van der Waals surface area contributed by atoms with Gasteiger partial charge in [-0.25, -0.2) is 15.0 Å². The van der Waals surface area contributed by atoms with Gasteiger partial charge in [-0.3, -0.25) is 0 Å². The van der Waals surface area contributed by atoms with Gasteiger partial charge in [-0.2, -0.15) is 0 Å². The molecule has 49 heavy (non-hydrogen) atoms. The number of hydrogen-bond acceptors (Lipinski definition) is 4. The van der Waals surface area contributed by atoms with Crippen LogP contribution in [0.25, 0.3) is 89.5 Å². The Bertz CT molecular complexity index is 2890. The first-order chi connectivity index (χ1) is 24.2. The van der Waals surface area contributed by atoms with Crippen LogP contribution in [0.15, 0.2) is 150 Å². The first-order valence-corrected chi connectivity index (χ1v) is 16.7. The normalized spacial score (nSPS) is 14.2. The number of aromatic nitrogens is 3. The molecule has 10 rings (SSSR count). The van der Waals surface area contributed by atoms with Gasteiger partial charge in [0.15, 0.2) is 11.6 Å². The molecule has 0 saturated heterocycles. The van der Waals surface area contributed by atoms with Gasteiger partial charge in [0.05, 0.1) is 0 Å². The van der Waals surface area contributed by atoms with Crippen LogP contribution in [0.2, 0.25) is 0 Å². The van der Waals surface area contributed by atoms with Gasteiger partial charge in [0, 0.05) is 27.8 Å². The summed E-state index contributed by atoms with van der Waals surface area (Å²) < 4.78 is 6.20. The van der Waals surface area contributed by atoms with E-state index in [4.69, 9.17) is 19.4 Å². The largest absolute Gasteiger partial charge is 0.456 e. The molecule has 4 nitrogen and oxygen atoms in total. The molecule has 0 N–H and O–H groups in total. The minimum absolute atomic E-state index is 0.0492. The van der Waals surface area contributed by atoms with Gasteiger partial charge in [0.2, 0.25) is 0 Å². The van der Waals surface area contributed by atoms with Gasteiger partial charge in [0.25, 0.3) is 0 Å². The fourth-order valence-electron chi connectivity index (χ4n) is 7.28. The second-order valence-electron chi connectivity index (χ2n) is 12.8. The van der Waals surface area contributed by atoms with Crippen LogP contribution in [0.1, 0.15) is 18.2 Å².